The molecule has 1 unspecified atom stereocenters. The molecule has 0 bridgehead atoms. The second-order valence-electron chi connectivity index (χ2n) is 5.33. The van der Waals surface area contributed by atoms with Gasteiger partial charge in [-0.05, 0) is 37.5 Å². The van der Waals surface area contributed by atoms with Gasteiger partial charge in [-0.3, -0.25) is 10.5 Å². The predicted octanol–water partition coefficient (Wildman–Crippen LogP) is 1.82. The average Bonchev–Trinajstić information content (AvgIpc) is 3.18. The van der Waals surface area contributed by atoms with Crippen LogP contribution in [0.15, 0.2) is 30.5 Å². The average molecular weight is 272 g/mol. The van der Waals surface area contributed by atoms with E-state index in [0.29, 0.717) is 6.10 Å². The Kier molecular flexibility index (Phi) is 3.46. The predicted molar refractivity (Wildman–Crippen MR) is 77.2 cm³/mol. The van der Waals surface area contributed by atoms with Gasteiger partial charge in [0.2, 0.25) is 0 Å². The van der Waals surface area contributed by atoms with Crippen LogP contribution in [0.25, 0.3) is 0 Å². The van der Waals surface area contributed by atoms with Crippen molar-refractivity contribution in [2.75, 3.05) is 0 Å². The second-order valence-corrected chi connectivity index (χ2v) is 5.33. The summed E-state index contributed by atoms with van der Waals surface area (Å²) in [6.07, 6.45) is 4.76. The summed E-state index contributed by atoms with van der Waals surface area (Å²) in [6.45, 7) is 1.99. The van der Waals surface area contributed by atoms with Crippen LogP contribution in [0.1, 0.15) is 35.7 Å². The lowest BCUT2D eigenvalue weighted by Gasteiger charge is -2.16. The minimum Gasteiger partial charge on any atom is -0.490 e. The van der Waals surface area contributed by atoms with Gasteiger partial charge in [0.25, 0.3) is 0 Å². The zero-order valence-electron chi connectivity index (χ0n) is 11.8. The largest absolute Gasteiger partial charge is 0.490 e. The molecule has 2 aromatic rings. The molecule has 5 heteroatoms. The molecule has 5 nitrogen and oxygen atoms in total. The van der Waals surface area contributed by atoms with Crippen LogP contribution in [0.2, 0.25) is 0 Å². The van der Waals surface area contributed by atoms with Gasteiger partial charge in [0.1, 0.15) is 5.75 Å². The summed E-state index contributed by atoms with van der Waals surface area (Å²) < 4.78 is 7.56. The van der Waals surface area contributed by atoms with E-state index >= 15 is 0 Å². The first-order valence-electron chi connectivity index (χ1n) is 6.90. The van der Waals surface area contributed by atoms with Gasteiger partial charge in [-0.2, -0.15) is 5.10 Å². The molecule has 0 spiro atoms. The van der Waals surface area contributed by atoms with Crippen LogP contribution in [0.4, 0.5) is 0 Å². The van der Waals surface area contributed by atoms with E-state index in [1.54, 1.807) is 4.68 Å². The van der Waals surface area contributed by atoms with Crippen LogP contribution in [0.3, 0.4) is 0 Å². The Labute approximate surface area is 118 Å². The van der Waals surface area contributed by atoms with Crippen molar-refractivity contribution >= 4 is 0 Å². The van der Waals surface area contributed by atoms with E-state index in [4.69, 9.17) is 10.6 Å². The van der Waals surface area contributed by atoms with Crippen molar-refractivity contribution in [1.29, 1.82) is 0 Å². The van der Waals surface area contributed by atoms with Gasteiger partial charge >= 0.3 is 0 Å². The van der Waals surface area contributed by atoms with Crippen LogP contribution in [0, 0.1) is 6.92 Å². The van der Waals surface area contributed by atoms with Crippen molar-refractivity contribution in [2.24, 2.45) is 12.9 Å². The lowest BCUT2D eigenvalue weighted by Crippen LogP contribution is -2.29. The fourth-order valence-corrected chi connectivity index (χ4v) is 2.38. The first-order chi connectivity index (χ1) is 9.67. The third kappa shape index (κ3) is 2.69. The fraction of sp³-hybridized carbons (Fsp3) is 0.400. The molecule has 1 aliphatic carbocycles. The Morgan fingerprint density at radius 2 is 2.05 bits per heavy atom. The van der Waals surface area contributed by atoms with Crippen LogP contribution in [0.5, 0.6) is 5.75 Å². The number of hydrogen-bond donors (Lipinski definition) is 2. The maximum atomic E-state index is 5.76. The first-order valence-corrected chi connectivity index (χ1v) is 6.90. The molecule has 3 N–H and O–H groups in total. The Balaban J connectivity index is 1.83. The number of ether oxygens (including phenoxy) is 1. The van der Waals surface area contributed by atoms with E-state index < -0.39 is 0 Å². The Hall–Kier alpha value is -1.85. The van der Waals surface area contributed by atoms with Gasteiger partial charge in [-0.15, -0.1) is 0 Å². The van der Waals surface area contributed by atoms with Crippen molar-refractivity contribution in [3.05, 3.63) is 47.3 Å². The summed E-state index contributed by atoms with van der Waals surface area (Å²) >= 11 is 0. The van der Waals surface area contributed by atoms with Gasteiger partial charge in [0.15, 0.2) is 0 Å². The Morgan fingerprint density at radius 1 is 1.35 bits per heavy atom. The van der Waals surface area contributed by atoms with E-state index in [0.717, 1.165) is 22.6 Å². The molecule has 1 fully saturated rings. The molecule has 1 saturated carbocycles. The third-order valence-electron chi connectivity index (χ3n) is 3.57. The van der Waals surface area contributed by atoms with Gasteiger partial charge in [-0.25, -0.2) is 5.43 Å². The minimum absolute atomic E-state index is 0.0568. The molecule has 0 amide bonds. The van der Waals surface area contributed by atoms with Crippen LogP contribution in [-0.2, 0) is 7.05 Å². The maximum Gasteiger partial charge on any atom is 0.119 e. The van der Waals surface area contributed by atoms with Gasteiger partial charge in [0.05, 0.1) is 17.8 Å². The van der Waals surface area contributed by atoms with Gasteiger partial charge in [0, 0.05) is 18.8 Å². The molecule has 0 saturated heterocycles. The molecule has 1 aromatic carbocycles. The normalized spacial score (nSPS) is 16.1. The van der Waals surface area contributed by atoms with E-state index in [1.165, 1.54) is 12.8 Å². The molecule has 1 heterocycles. The lowest BCUT2D eigenvalue weighted by molar-refractivity contribution is 0.303. The quantitative estimate of drug-likeness (QED) is 0.643. The summed E-state index contributed by atoms with van der Waals surface area (Å²) in [5.41, 5.74) is 6.04. The highest BCUT2D eigenvalue weighted by Crippen LogP contribution is 2.29. The van der Waals surface area contributed by atoms with Crippen molar-refractivity contribution in [2.45, 2.75) is 31.9 Å². The number of rotatable bonds is 5. The Bertz CT molecular complexity index is 586. The maximum absolute atomic E-state index is 5.76. The number of hydrazine groups is 1. The van der Waals surface area contributed by atoms with E-state index in [1.807, 2.05) is 32.3 Å². The zero-order valence-corrected chi connectivity index (χ0v) is 11.8. The third-order valence-corrected chi connectivity index (χ3v) is 3.57. The van der Waals surface area contributed by atoms with Crippen LogP contribution < -0.4 is 16.0 Å². The minimum atomic E-state index is -0.0568. The summed E-state index contributed by atoms with van der Waals surface area (Å²) in [7, 11) is 1.91. The highest BCUT2D eigenvalue weighted by molar-refractivity contribution is 5.36. The number of nitrogens with one attached hydrogen (secondary N) is 1. The van der Waals surface area contributed by atoms with E-state index in [9.17, 15) is 0 Å². The van der Waals surface area contributed by atoms with Crippen molar-refractivity contribution in [3.63, 3.8) is 0 Å². The summed E-state index contributed by atoms with van der Waals surface area (Å²) in [5, 5.41) is 4.37. The molecule has 20 heavy (non-hydrogen) atoms. The summed E-state index contributed by atoms with van der Waals surface area (Å²) in [4.78, 5) is 0. The van der Waals surface area contributed by atoms with Crippen molar-refractivity contribution < 1.29 is 4.74 Å². The number of nitrogens with zero attached hydrogens (tertiary/aromatic N) is 2. The van der Waals surface area contributed by atoms with Crippen LogP contribution in [-0.4, -0.2) is 15.9 Å². The molecule has 1 aromatic heterocycles. The molecule has 106 valence electrons. The number of hydrogen-bond acceptors (Lipinski definition) is 4. The van der Waals surface area contributed by atoms with Crippen LogP contribution >= 0.6 is 0 Å². The van der Waals surface area contributed by atoms with Crippen molar-refractivity contribution in [1.82, 2.24) is 15.2 Å². The topological polar surface area (TPSA) is 65.1 Å². The molecule has 1 atom stereocenters. The first kappa shape index (κ1) is 13.1. The number of nitrogens with two attached hydrogens (primary N) is 1. The molecular weight excluding hydrogens is 252 g/mol. The molecule has 3 rings (SSSR count). The van der Waals surface area contributed by atoms with Gasteiger partial charge in [-0.1, -0.05) is 12.1 Å². The SMILES string of the molecule is Cc1nn(C)cc1C(NN)c1ccc(OC2CC2)cc1. The highest BCUT2D eigenvalue weighted by atomic mass is 16.5. The lowest BCUT2D eigenvalue weighted by atomic mass is 10.00. The zero-order chi connectivity index (χ0) is 14.1. The molecule has 1 aliphatic rings. The number of benzene rings is 1. The van der Waals surface area contributed by atoms with Gasteiger partial charge < -0.3 is 4.74 Å². The smallest absolute Gasteiger partial charge is 0.119 e. The Morgan fingerprint density at radius 3 is 2.55 bits per heavy atom. The summed E-state index contributed by atoms with van der Waals surface area (Å²) in [5.74, 6) is 6.65. The molecule has 0 radical (unpaired) electrons. The monoisotopic (exact) mass is 272 g/mol. The summed E-state index contributed by atoms with van der Waals surface area (Å²) in [6, 6.07) is 8.05. The van der Waals surface area contributed by atoms with E-state index in [-0.39, 0.29) is 6.04 Å². The molecular formula is C15H20N4O. The molecule has 0 aliphatic heterocycles. The number of aryl methyl sites for hydroxylation is 2. The fourth-order valence-electron chi connectivity index (χ4n) is 2.38. The number of aromatic nitrogens is 2. The van der Waals surface area contributed by atoms with Crippen molar-refractivity contribution in [3.8, 4) is 5.75 Å². The standard InChI is InChI=1S/C15H20N4O/c1-10-14(9-19(2)18-10)15(17-16)11-3-5-12(6-4-11)20-13-7-8-13/h3-6,9,13,15,17H,7-8,16H2,1-2H3. The highest BCUT2D eigenvalue weighted by Gasteiger charge is 2.23. The second kappa shape index (κ2) is 5.26. The van der Waals surface area contributed by atoms with E-state index in [2.05, 4.69) is 22.7 Å².